The van der Waals surface area contributed by atoms with Crippen molar-refractivity contribution in [3.8, 4) is 10.7 Å². The van der Waals surface area contributed by atoms with Crippen molar-refractivity contribution in [2.75, 3.05) is 0 Å². The topological polar surface area (TPSA) is 64.9 Å². The Morgan fingerprint density at radius 3 is 2.70 bits per heavy atom. The molecule has 0 spiro atoms. The SMILES string of the molecule is NC(Cc1ccccc1)c1nc(-c2ccc(Br)s2)no1. The van der Waals surface area contributed by atoms with Crippen LogP contribution in [0, 0.1) is 0 Å². The molecule has 0 saturated carbocycles. The lowest BCUT2D eigenvalue weighted by Crippen LogP contribution is -2.13. The van der Waals surface area contributed by atoms with Crippen molar-refractivity contribution in [3.05, 3.63) is 57.7 Å². The molecule has 0 amide bonds. The molecule has 1 atom stereocenters. The van der Waals surface area contributed by atoms with E-state index in [1.165, 1.54) is 0 Å². The van der Waals surface area contributed by atoms with Crippen molar-refractivity contribution < 1.29 is 4.52 Å². The van der Waals surface area contributed by atoms with E-state index >= 15 is 0 Å². The number of hydrogen-bond donors (Lipinski definition) is 1. The highest BCUT2D eigenvalue weighted by atomic mass is 79.9. The average Bonchev–Trinajstić information content (AvgIpc) is 3.08. The smallest absolute Gasteiger partial charge is 0.244 e. The van der Waals surface area contributed by atoms with Crippen LogP contribution in [0.15, 0.2) is 50.8 Å². The van der Waals surface area contributed by atoms with E-state index in [2.05, 4.69) is 26.1 Å². The molecule has 2 heterocycles. The van der Waals surface area contributed by atoms with Crippen LogP contribution in [0.2, 0.25) is 0 Å². The summed E-state index contributed by atoms with van der Waals surface area (Å²) in [7, 11) is 0. The third-order valence-corrected chi connectivity index (χ3v) is 4.47. The van der Waals surface area contributed by atoms with Crippen LogP contribution in [0.3, 0.4) is 0 Å². The monoisotopic (exact) mass is 349 g/mol. The summed E-state index contributed by atoms with van der Waals surface area (Å²) >= 11 is 4.98. The van der Waals surface area contributed by atoms with Crippen molar-refractivity contribution in [2.45, 2.75) is 12.5 Å². The van der Waals surface area contributed by atoms with Crippen molar-refractivity contribution in [1.29, 1.82) is 0 Å². The molecule has 0 aliphatic carbocycles. The molecule has 6 heteroatoms. The third-order valence-electron chi connectivity index (χ3n) is 2.85. The fraction of sp³-hybridized carbons (Fsp3) is 0.143. The first-order valence-electron chi connectivity index (χ1n) is 6.11. The van der Waals surface area contributed by atoms with E-state index < -0.39 is 0 Å². The summed E-state index contributed by atoms with van der Waals surface area (Å²) in [5.74, 6) is 1.05. The molecular formula is C14H12BrN3OS. The van der Waals surface area contributed by atoms with Gasteiger partial charge < -0.3 is 10.3 Å². The van der Waals surface area contributed by atoms with Crippen molar-refractivity contribution in [1.82, 2.24) is 10.1 Å². The zero-order chi connectivity index (χ0) is 13.9. The molecule has 102 valence electrons. The molecule has 0 aliphatic heterocycles. The fourth-order valence-corrected chi connectivity index (χ4v) is 3.19. The van der Waals surface area contributed by atoms with Gasteiger partial charge in [-0.1, -0.05) is 35.5 Å². The summed E-state index contributed by atoms with van der Waals surface area (Å²) in [5.41, 5.74) is 7.27. The Balaban J connectivity index is 1.76. The minimum Gasteiger partial charge on any atom is -0.337 e. The highest BCUT2D eigenvalue weighted by molar-refractivity contribution is 9.11. The Morgan fingerprint density at radius 2 is 2.00 bits per heavy atom. The quantitative estimate of drug-likeness (QED) is 0.777. The van der Waals surface area contributed by atoms with E-state index in [9.17, 15) is 0 Å². The van der Waals surface area contributed by atoms with E-state index in [1.807, 2.05) is 42.5 Å². The first-order chi connectivity index (χ1) is 9.72. The molecule has 3 aromatic rings. The van der Waals surface area contributed by atoms with Crippen LogP contribution >= 0.6 is 27.3 Å². The minimum absolute atomic E-state index is 0.290. The van der Waals surface area contributed by atoms with Gasteiger partial charge in [-0.3, -0.25) is 0 Å². The molecule has 0 radical (unpaired) electrons. The number of benzene rings is 1. The van der Waals surface area contributed by atoms with E-state index in [0.29, 0.717) is 18.1 Å². The predicted octanol–water partition coefficient (Wildman–Crippen LogP) is 3.80. The summed E-state index contributed by atoms with van der Waals surface area (Å²) in [4.78, 5) is 5.33. The van der Waals surface area contributed by atoms with Gasteiger partial charge >= 0.3 is 0 Å². The summed E-state index contributed by atoms with van der Waals surface area (Å²) in [5, 5.41) is 3.99. The second kappa shape index (κ2) is 5.87. The highest BCUT2D eigenvalue weighted by Gasteiger charge is 2.17. The van der Waals surface area contributed by atoms with E-state index in [0.717, 1.165) is 14.2 Å². The van der Waals surface area contributed by atoms with Gasteiger partial charge in [0.1, 0.15) is 0 Å². The number of halogens is 1. The molecule has 0 fully saturated rings. The van der Waals surface area contributed by atoms with Crippen molar-refractivity contribution in [3.63, 3.8) is 0 Å². The van der Waals surface area contributed by atoms with E-state index in [4.69, 9.17) is 10.3 Å². The minimum atomic E-state index is -0.290. The molecule has 2 N–H and O–H groups in total. The molecule has 20 heavy (non-hydrogen) atoms. The molecular weight excluding hydrogens is 338 g/mol. The predicted molar refractivity (Wildman–Crippen MR) is 82.4 cm³/mol. The molecule has 4 nitrogen and oxygen atoms in total. The van der Waals surface area contributed by atoms with E-state index in [-0.39, 0.29) is 6.04 Å². The number of rotatable bonds is 4. The molecule has 1 unspecified atom stereocenters. The fourth-order valence-electron chi connectivity index (χ4n) is 1.88. The number of aromatic nitrogens is 2. The van der Waals surface area contributed by atoms with Crippen LogP contribution < -0.4 is 5.73 Å². The highest BCUT2D eigenvalue weighted by Crippen LogP contribution is 2.30. The van der Waals surface area contributed by atoms with Gasteiger partial charge in [-0.15, -0.1) is 11.3 Å². The average molecular weight is 350 g/mol. The zero-order valence-electron chi connectivity index (χ0n) is 10.5. The van der Waals surface area contributed by atoms with Crippen LogP contribution in [0.1, 0.15) is 17.5 Å². The number of nitrogens with two attached hydrogens (primary N) is 1. The molecule has 0 aliphatic rings. The molecule has 0 bridgehead atoms. The Bertz CT molecular complexity index is 695. The number of nitrogens with zero attached hydrogens (tertiary/aromatic N) is 2. The van der Waals surface area contributed by atoms with Crippen LogP contribution in [-0.2, 0) is 6.42 Å². The second-order valence-corrected chi connectivity index (χ2v) is 6.82. The van der Waals surface area contributed by atoms with Gasteiger partial charge in [-0.25, -0.2) is 0 Å². The Kier molecular flexibility index (Phi) is 3.95. The van der Waals surface area contributed by atoms with Crippen LogP contribution in [-0.4, -0.2) is 10.1 Å². The van der Waals surface area contributed by atoms with Gasteiger partial charge in [0.05, 0.1) is 14.7 Å². The Hall–Kier alpha value is -1.50. The van der Waals surface area contributed by atoms with Gasteiger partial charge in [0.2, 0.25) is 11.7 Å². The summed E-state index contributed by atoms with van der Waals surface area (Å²) in [6.45, 7) is 0. The standard InChI is InChI=1S/C14H12BrN3OS/c15-12-7-6-11(20-12)13-17-14(19-18-13)10(16)8-9-4-2-1-3-5-9/h1-7,10H,8,16H2. The maximum Gasteiger partial charge on any atom is 0.244 e. The lowest BCUT2D eigenvalue weighted by atomic mass is 10.1. The maximum absolute atomic E-state index is 6.12. The summed E-state index contributed by atoms with van der Waals surface area (Å²) < 4.78 is 6.30. The van der Waals surface area contributed by atoms with Crippen molar-refractivity contribution >= 4 is 27.3 Å². The lowest BCUT2D eigenvalue weighted by Gasteiger charge is -2.05. The first-order valence-corrected chi connectivity index (χ1v) is 7.72. The van der Waals surface area contributed by atoms with Gasteiger partial charge in [0, 0.05) is 0 Å². The van der Waals surface area contributed by atoms with Crippen molar-refractivity contribution in [2.24, 2.45) is 5.73 Å². The molecule has 2 aromatic heterocycles. The van der Waals surface area contributed by atoms with Crippen LogP contribution in [0.4, 0.5) is 0 Å². The maximum atomic E-state index is 6.12. The number of thiophene rings is 1. The lowest BCUT2D eigenvalue weighted by molar-refractivity contribution is 0.354. The van der Waals surface area contributed by atoms with Crippen LogP contribution in [0.25, 0.3) is 10.7 Å². The molecule has 1 aromatic carbocycles. The van der Waals surface area contributed by atoms with Gasteiger partial charge in [0.25, 0.3) is 0 Å². The third kappa shape index (κ3) is 2.98. The van der Waals surface area contributed by atoms with Gasteiger partial charge in [-0.05, 0) is 40.0 Å². The molecule has 3 rings (SSSR count). The summed E-state index contributed by atoms with van der Waals surface area (Å²) in [6.07, 6.45) is 0.677. The zero-order valence-corrected chi connectivity index (χ0v) is 12.9. The summed E-state index contributed by atoms with van der Waals surface area (Å²) in [6, 6.07) is 13.7. The molecule has 0 saturated heterocycles. The first kappa shape index (κ1) is 13.5. The van der Waals surface area contributed by atoms with E-state index in [1.54, 1.807) is 11.3 Å². The Labute approximate surface area is 128 Å². The largest absolute Gasteiger partial charge is 0.337 e. The Morgan fingerprint density at radius 1 is 1.20 bits per heavy atom. The van der Waals surface area contributed by atoms with Gasteiger partial charge in [0.15, 0.2) is 0 Å². The number of hydrogen-bond acceptors (Lipinski definition) is 5. The van der Waals surface area contributed by atoms with Crippen LogP contribution in [0.5, 0.6) is 0 Å². The normalized spacial score (nSPS) is 12.5. The van der Waals surface area contributed by atoms with Gasteiger partial charge in [-0.2, -0.15) is 4.98 Å². The second-order valence-electron chi connectivity index (χ2n) is 4.36.